The van der Waals surface area contributed by atoms with E-state index in [0.29, 0.717) is 13.2 Å². The quantitative estimate of drug-likeness (QED) is 0.790. The van der Waals surface area contributed by atoms with E-state index in [9.17, 15) is 4.79 Å². The van der Waals surface area contributed by atoms with Crippen LogP contribution in [0.25, 0.3) is 0 Å². The number of carbonyl (C=O) groups is 1. The van der Waals surface area contributed by atoms with Crippen LogP contribution in [0.1, 0.15) is 18.1 Å². The highest BCUT2D eigenvalue weighted by molar-refractivity contribution is 5.95. The Kier molecular flexibility index (Phi) is 8.13. The van der Waals surface area contributed by atoms with Gasteiger partial charge < -0.3 is 20.3 Å². The third kappa shape index (κ3) is 4.97. The van der Waals surface area contributed by atoms with E-state index in [0.717, 1.165) is 25.2 Å². The number of hydrogen-bond donors (Lipinski definition) is 2. The Hall–Kier alpha value is -1.79. The van der Waals surface area contributed by atoms with Crippen LogP contribution < -0.4 is 15.5 Å². The number of amides is 1. The summed E-state index contributed by atoms with van der Waals surface area (Å²) >= 11 is 0. The molecule has 2 atom stereocenters. The fourth-order valence-electron chi connectivity index (χ4n) is 3.73. The minimum Gasteiger partial charge on any atom is -0.375 e. The van der Waals surface area contributed by atoms with Crippen LogP contribution in [-0.2, 0) is 22.5 Å². The van der Waals surface area contributed by atoms with Crippen molar-refractivity contribution in [1.82, 2.24) is 5.32 Å². The highest BCUT2D eigenvalue weighted by Crippen LogP contribution is 2.29. The fraction of sp³-hybridized carbons (Fsp3) is 0.381. The smallest absolute Gasteiger partial charge is 0.244 e. The van der Waals surface area contributed by atoms with E-state index in [1.807, 2.05) is 19.1 Å². The predicted octanol–water partition coefficient (Wildman–Crippen LogP) is 3.41. The first kappa shape index (κ1) is 22.5. The van der Waals surface area contributed by atoms with Gasteiger partial charge in [0.15, 0.2) is 0 Å². The number of anilines is 2. The molecule has 152 valence electrons. The molecule has 1 fully saturated rings. The van der Waals surface area contributed by atoms with Gasteiger partial charge >= 0.3 is 0 Å². The summed E-state index contributed by atoms with van der Waals surface area (Å²) in [5.41, 5.74) is 4.82. The number of benzene rings is 2. The molecule has 0 saturated carbocycles. The molecule has 0 bridgehead atoms. The maximum Gasteiger partial charge on any atom is 0.244 e. The molecule has 0 radical (unpaired) electrons. The molecule has 4 rings (SSSR count). The Morgan fingerprint density at radius 3 is 2.68 bits per heavy atom. The van der Waals surface area contributed by atoms with Crippen molar-refractivity contribution in [2.75, 3.05) is 29.9 Å². The molecule has 2 aromatic rings. The lowest BCUT2D eigenvalue weighted by atomic mass is 10.1. The normalized spacial score (nSPS) is 20.5. The largest absolute Gasteiger partial charge is 0.375 e. The molecule has 1 amide bonds. The average Bonchev–Trinajstić information content (AvgIpc) is 3.07. The Bertz CT molecular complexity index is 785. The van der Waals surface area contributed by atoms with Crippen LogP contribution in [0.15, 0.2) is 48.5 Å². The van der Waals surface area contributed by atoms with Crippen molar-refractivity contribution in [3.05, 3.63) is 59.7 Å². The molecule has 0 unspecified atom stereocenters. The molecular weight excluding hydrogens is 397 g/mol. The molecule has 28 heavy (non-hydrogen) atoms. The summed E-state index contributed by atoms with van der Waals surface area (Å²) in [7, 11) is 0. The summed E-state index contributed by atoms with van der Waals surface area (Å²) in [6, 6.07) is 16.4. The topological polar surface area (TPSA) is 53.6 Å². The van der Waals surface area contributed by atoms with Crippen LogP contribution in [0.3, 0.4) is 0 Å². The standard InChI is InChI=1S/C21H25N3O2.2ClH/c1-15-20(22-11-13-26-15)21(25)23-18-8-6-16(7-9-18)14-24-12-10-17-4-2-3-5-19(17)24;;/h2-9,15,20,22H,10-14H2,1H3,(H,23,25);2*1H/t15-,20+;;/m1../s1. The van der Waals surface area contributed by atoms with Crippen LogP contribution in [0.5, 0.6) is 0 Å². The number of carbonyl (C=O) groups excluding carboxylic acids is 1. The van der Waals surface area contributed by atoms with Crippen molar-refractivity contribution in [2.24, 2.45) is 0 Å². The monoisotopic (exact) mass is 423 g/mol. The number of morpholine rings is 1. The van der Waals surface area contributed by atoms with Gasteiger partial charge in [-0.05, 0) is 42.7 Å². The van der Waals surface area contributed by atoms with Crippen molar-refractivity contribution in [2.45, 2.75) is 32.0 Å². The van der Waals surface area contributed by atoms with E-state index in [-0.39, 0.29) is 42.9 Å². The number of para-hydroxylation sites is 1. The molecule has 2 aliphatic rings. The fourth-order valence-corrected chi connectivity index (χ4v) is 3.73. The van der Waals surface area contributed by atoms with E-state index in [2.05, 4.69) is 51.9 Å². The van der Waals surface area contributed by atoms with Gasteiger partial charge in [-0.2, -0.15) is 0 Å². The molecule has 0 spiro atoms. The van der Waals surface area contributed by atoms with Gasteiger partial charge in [0.2, 0.25) is 5.91 Å². The first-order chi connectivity index (χ1) is 12.7. The van der Waals surface area contributed by atoms with Crippen LogP contribution in [0, 0.1) is 0 Å². The maximum absolute atomic E-state index is 12.4. The first-order valence-corrected chi connectivity index (χ1v) is 9.28. The summed E-state index contributed by atoms with van der Waals surface area (Å²) in [5.74, 6) is -0.0431. The Morgan fingerprint density at radius 1 is 1.18 bits per heavy atom. The average molecular weight is 424 g/mol. The molecular formula is C21H27Cl2N3O2. The zero-order valence-electron chi connectivity index (χ0n) is 15.9. The van der Waals surface area contributed by atoms with Gasteiger partial charge in [-0.3, -0.25) is 4.79 Å². The number of halogens is 2. The minimum absolute atomic E-state index is 0. The molecule has 2 aromatic carbocycles. The van der Waals surface area contributed by atoms with Crippen molar-refractivity contribution in [3.8, 4) is 0 Å². The van der Waals surface area contributed by atoms with Crippen LogP contribution >= 0.6 is 24.8 Å². The van der Waals surface area contributed by atoms with Crippen molar-refractivity contribution < 1.29 is 9.53 Å². The van der Waals surface area contributed by atoms with Gasteiger partial charge in [-0.1, -0.05) is 30.3 Å². The lowest BCUT2D eigenvalue weighted by Gasteiger charge is -2.29. The van der Waals surface area contributed by atoms with Gasteiger partial charge in [0, 0.05) is 31.0 Å². The highest BCUT2D eigenvalue weighted by atomic mass is 35.5. The third-order valence-electron chi connectivity index (χ3n) is 5.18. The van der Waals surface area contributed by atoms with E-state index >= 15 is 0 Å². The summed E-state index contributed by atoms with van der Waals surface area (Å²) < 4.78 is 5.54. The number of nitrogens with zero attached hydrogens (tertiary/aromatic N) is 1. The van der Waals surface area contributed by atoms with Crippen LogP contribution in [-0.4, -0.2) is 37.7 Å². The number of hydrogen-bond acceptors (Lipinski definition) is 4. The second-order valence-corrected chi connectivity index (χ2v) is 6.99. The number of rotatable bonds is 4. The van der Waals surface area contributed by atoms with E-state index < -0.39 is 0 Å². The minimum atomic E-state index is -0.301. The Labute approximate surface area is 178 Å². The predicted molar refractivity (Wildman–Crippen MR) is 118 cm³/mol. The Morgan fingerprint density at radius 2 is 1.93 bits per heavy atom. The molecule has 2 N–H and O–H groups in total. The second-order valence-electron chi connectivity index (χ2n) is 6.99. The molecule has 2 aliphatic heterocycles. The van der Waals surface area contributed by atoms with Crippen molar-refractivity contribution in [1.29, 1.82) is 0 Å². The first-order valence-electron chi connectivity index (χ1n) is 9.28. The van der Waals surface area contributed by atoms with E-state index in [4.69, 9.17) is 4.74 Å². The van der Waals surface area contributed by atoms with Gasteiger partial charge in [0.25, 0.3) is 0 Å². The molecule has 1 saturated heterocycles. The van der Waals surface area contributed by atoms with Crippen molar-refractivity contribution in [3.63, 3.8) is 0 Å². The Balaban J connectivity index is 0.00000140. The highest BCUT2D eigenvalue weighted by Gasteiger charge is 2.28. The van der Waals surface area contributed by atoms with Crippen LogP contribution in [0.2, 0.25) is 0 Å². The SMILES string of the molecule is C[C@H]1OCCN[C@@H]1C(=O)Nc1ccc(CN2CCc3ccccc32)cc1.Cl.Cl. The molecule has 7 heteroatoms. The summed E-state index contributed by atoms with van der Waals surface area (Å²) in [6.45, 7) is 5.23. The number of fused-ring (bicyclic) bond motifs is 1. The van der Waals surface area contributed by atoms with Gasteiger partial charge in [0.05, 0.1) is 12.7 Å². The summed E-state index contributed by atoms with van der Waals surface area (Å²) in [5, 5.41) is 6.20. The lowest BCUT2D eigenvalue weighted by Crippen LogP contribution is -2.53. The summed E-state index contributed by atoms with van der Waals surface area (Å²) in [4.78, 5) is 14.8. The third-order valence-corrected chi connectivity index (χ3v) is 5.18. The zero-order valence-corrected chi connectivity index (χ0v) is 17.5. The zero-order chi connectivity index (χ0) is 17.9. The van der Waals surface area contributed by atoms with Crippen molar-refractivity contribution >= 4 is 42.1 Å². The second kappa shape index (κ2) is 10.1. The van der Waals surface area contributed by atoms with Gasteiger partial charge in [-0.25, -0.2) is 0 Å². The maximum atomic E-state index is 12.4. The number of ether oxygens (including phenoxy) is 1. The molecule has 0 aromatic heterocycles. The molecule has 2 heterocycles. The molecule has 5 nitrogen and oxygen atoms in total. The summed E-state index contributed by atoms with van der Waals surface area (Å²) in [6.07, 6.45) is 0.997. The van der Waals surface area contributed by atoms with Crippen LogP contribution in [0.4, 0.5) is 11.4 Å². The lowest BCUT2D eigenvalue weighted by molar-refractivity contribution is -0.123. The van der Waals surface area contributed by atoms with E-state index in [1.54, 1.807) is 0 Å². The number of nitrogens with one attached hydrogen (secondary N) is 2. The van der Waals surface area contributed by atoms with E-state index in [1.165, 1.54) is 16.8 Å². The molecule has 0 aliphatic carbocycles. The van der Waals surface area contributed by atoms with Gasteiger partial charge in [-0.15, -0.1) is 24.8 Å². The van der Waals surface area contributed by atoms with Gasteiger partial charge in [0.1, 0.15) is 6.04 Å².